The van der Waals surface area contributed by atoms with Crippen molar-refractivity contribution in [2.45, 2.75) is 24.9 Å². The van der Waals surface area contributed by atoms with E-state index in [0.29, 0.717) is 29.9 Å². The normalized spacial score (nSPS) is 28.8. The molecule has 8 nitrogen and oxygen atoms in total. The Morgan fingerprint density at radius 2 is 2.12 bits per heavy atom. The zero-order valence-electron chi connectivity index (χ0n) is 8.64. The first-order chi connectivity index (χ1) is 7.85. The van der Waals surface area contributed by atoms with Crippen molar-refractivity contribution >= 4 is 22.7 Å². The fourth-order valence-corrected chi connectivity index (χ4v) is 2.44. The van der Waals surface area contributed by atoms with Crippen LogP contribution in [0.5, 0.6) is 0 Å². The molecule has 0 aromatic carbocycles. The van der Waals surface area contributed by atoms with Gasteiger partial charge in [-0.3, -0.25) is 9.45 Å². The molecular weight excluding hydrogens is 252 g/mol. The molecule has 2 aliphatic rings. The Kier molecular flexibility index (Phi) is 2.68. The van der Waals surface area contributed by atoms with Gasteiger partial charge in [-0.05, 0) is 12.8 Å². The highest BCUT2D eigenvalue weighted by Gasteiger charge is 2.50. The van der Waals surface area contributed by atoms with Crippen LogP contribution >= 0.6 is 0 Å². The van der Waals surface area contributed by atoms with Crippen LogP contribution in [0.25, 0.3) is 0 Å². The average Bonchev–Trinajstić information content (AvgIpc) is 2.38. The van der Waals surface area contributed by atoms with E-state index in [1.165, 1.54) is 0 Å². The van der Waals surface area contributed by atoms with E-state index in [0.717, 1.165) is 4.90 Å². The number of carbonyl (C=O) groups excluding carboxylic acids is 2. The van der Waals surface area contributed by atoms with Crippen molar-refractivity contribution in [1.29, 1.82) is 0 Å². The number of rotatable bonds is 3. The predicted molar refractivity (Wildman–Crippen MR) is 53.7 cm³/mol. The van der Waals surface area contributed by atoms with Crippen molar-refractivity contribution in [2.75, 3.05) is 0 Å². The molecule has 17 heavy (non-hydrogen) atoms. The minimum atomic E-state index is -4.78. The maximum Gasteiger partial charge on any atom is 0.418 e. The van der Waals surface area contributed by atoms with Crippen LogP contribution in [0.15, 0.2) is 12.3 Å². The third-order valence-electron chi connectivity index (χ3n) is 2.77. The Morgan fingerprint density at radius 1 is 1.47 bits per heavy atom. The number of piperidine rings is 1. The molecule has 94 valence electrons. The third kappa shape index (κ3) is 1.92. The first kappa shape index (κ1) is 12.0. The fourth-order valence-electron chi connectivity index (χ4n) is 2.07. The van der Waals surface area contributed by atoms with Crippen LogP contribution in [0.3, 0.4) is 0 Å². The van der Waals surface area contributed by atoms with Gasteiger partial charge in [-0.1, -0.05) is 6.58 Å². The summed E-state index contributed by atoms with van der Waals surface area (Å²) in [5, 5.41) is 0.529. The van der Waals surface area contributed by atoms with Gasteiger partial charge in [0.15, 0.2) is 0 Å². The SMILES string of the molecule is C=C1[C@H]2CC[C@@H](C=O)N1C(=O)N2OS(=O)(=O)O. The molecule has 2 bridgehead atoms. The zero-order valence-corrected chi connectivity index (χ0v) is 9.46. The summed E-state index contributed by atoms with van der Waals surface area (Å²) in [6.07, 6.45) is 1.33. The Hall–Kier alpha value is -1.45. The molecule has 2 amide bonds. The van der Waals surface area contributed by atoms with Crippen molar-refractivity contribution < 1.29 is 26.8 Å². The summed E-state index contributed by atoms with van der Waals surface area (Å²) >= 11 is 0. The molecule has 2 heterocycles. The van der Waals surface area contributed by atoms with Gasteiger partial charge in [0, 0.05) is 5.70 Å². The molecule has 0 aromatic rings. The molecule has 1 N–H and O–H groups in total. The van der Waals surface area contributed by atoms with E-state index in [1.54, 1.807) is 0 Å². The van der Waals surface area contributed by atoms with Crippen molar-refractivity contribution in [2.24, 2.45) is 0 Å². The monoisotopic (exact) mass is 262 g/mol. The smallest absolute Gasteiger partial charge is 0.301 e. The van der Waals surface area contributed by atoms with Crippen LogP contribution in [0, 0.1) is 0 Å². The quantitative estimate of drug-likeness (QED) is 0.553. The Morgan fingerprint density at radius 3 is 2.65 bits per heavy atom. The van der Waals surface area contributed by atoms with E-state index in [2.05, 4.69) is 10.9 Å². The second-order valence-corrected chi connectivity index (χ2v) is 4.77. The number of amides is 2. The summed E-state index contributed by atoms with van der Waals surface area (Å²) in [4.78, 5) is 23.6. The molecule has 2 atom stereocenters. The number of aldehydes is 1. The fraction of sp³-hybridized carbons (Fsp3) is 0.500. The molecule has 2 fully saturated rings. The first-order valence-corrected chi connectivity index (χ1v) is 6.15. The van der Waals surface area contributed by atoms with Gasteiger partial charge >= 0.3 is 16.4 Å². The minimum absolute atomic E-state index is 0.294. The maximum absolute atomic E-state index is 11.8. The number of carbonyl (C=O) groups is 2. The number of hydrogen-bond donors (Lipinski definition) is 1. The summed E-state index contributed by atoms with van der Waals surface area (Å²) in [5.74, 6) is 0. The van der Waals surface area contributed by atoms with E-state index in [4.69, 9.17) is 4.55 Å². The standard InChI is InChI=1S/C8H10N2O6S/c1-5-7-3-2-6(4-11)9(5)8(12)10(7)16-17(13,14)15/h4,6-7H,1-3H2,(H,13,14,15)/t6-,7+/m0/s1. The molecular formula is C8H10N2O6S. The van der Waals surface area contributed by atoms with Gasteiger partial charge in [-0.25, -0.2) is 4.79 Å². The van der Waals surface area contributed by atoms with Crippen LogP contribution in [0.1, 0.15) is 12.8 Å². The van der Waals surface area contributed by atoms with Gasteiger partial charge in [-0.2, -0.15) is 13.5 Å². The molecule has 2 saturated heterocycles. The number of urea groups is 1. The molecule has 0 spiro atoms. The number of hydroxylamine groups is 2. The highest BCUT2D eigenvalue weighted by Crippen LogP contribution is 2.36. The lowest BCUT2D eigenvalue weighted by atomic mass is 9.99. The highest BCUT2D eigenvalue weighted by molar-refractivity contribution is 7.80. The number of fused-ring (bicyclic) bond motifs is 2. The Bertz CT molecular complexity index is 486. The highest BCUT2D eigenvalue weighted by atomic mass is 32.3. The number of hydrogen-bond acceptors (Lipinski definition) is 5. The second kappa shape index (κ2) is 3.79. The molecule has 0 unspecified atom stereocenters. The van der Waals surface area contributed by atoms with Crippen molar-refractivity contribution in [3.8, 4) is 0 Å². The summed E-state index contributed by atoms with van der Waals surface area (Å²) in [7, 11) is -4.78. The van der Waals surface area contributed by atoms with Crippen molar-refractivity contribution in [3.63, 3.8) is 0 Å². The lowest BCUT2D eigenvalue weighted by Gasteiger charge is -2.28. The average molecular weight is 262 g/mol. The molecule has 9 heteroatoms. The predicted octanol–water partition coefficient (Wildman–Crippen LogP) is -0.298. The van der Waals surface area contributed by atoms with Gasteiger partial charge in [0.1, 0.15) is 12.3 Å². The van der Waals surface area contributed by atoms with Crippen LogP contribution in [0.2, 0.25) is 0 Å². The summed E-state index contributed by atoms with van der Waals surface area (Å²) in [6, 6.07) is -2.14. The first-order valence-electron chi connectivity index (χ1n) is 4.78. The molecule has 0 saturated carbocycles. The second-order valence-electron chi connectivity index (χ2n) is 3.77. The van der Waals surface area contributed by atoms with Gasteiger partial charge < -0.3 is 4.79 Å². The Labute approximate surface area is 97.3 Å². The van der Waals surface area contributed by atoms with Crippen LogP contribution in [-0.4, -0.2) is 47.3 Å². The van der Waals surface area contributed by atoms with Crippen molar-refractivity contribution in [1.82, 2.24) is 9.96 Å². The van der Waals surface area contributed by atoms with Crippen molar-refractivity contribution in [3.05, 3.63) is 12.3 Å². The van der Waals surface area contributed by atoms with E-state index < -0.39 is 28.5 Å². The number of nitrogens with zero attached hydrogens (tertiary/aromatic N) is 2. The van der Waals surface area contributed by atoms with E-state index >= 15 is 0 Å². The molecule has 0 aliphatic carbocycles. The van der Waals surface area contributed by atoms with E-state index in [-0.39, 0.29) is 0 Å². The maximum atomic E-state index is 11.8. The zero-order chi connectivity index (χ0) is 12.8. The molecule has 2 rings (SSSR count). The van der Waals surface area contributed by atoms with Crippen LogP contribution < -0.4 is 0 Å². The van der Waals surface area contributed by atoms with Gasteiger partial charge in [-0.15, -0.1) is 4.28 Å². The molecule has 2 aliphatic heterocycles. The molecule has 0 aromatic heterocycles. The van der Waals surface area contributed by atoms with Gasteiger partial charge in [0.05, 0.1) is 6.04 Å². The van der Waals surface area contributed by atoms with Gasteiger partial charge in [0.25, 0.3) is 0 Å². The Balaban J connectivity index is 2.31. The summed E-state index contributed by atoms with van der Waals surface area (Å²) in [6.45, 7) is 3.62. The van der Waals surface area contributed by atoms with E-state index in [9.17, 15) is 18.0 Å². The summed E-state index contributed by atoms with van der Waals surface area (Å²) in [5.41, 5.74) is 0.294. The lowest BCUT2D eigenvalue weighted by Crippen LogP contribution is -2.39. The largest absolute Gasteiger partial charge is 0.418 e. The van der Waals surface area contributed by atoms with E-state index in [1.807, 2.05) is 0 Å². The van der Waals surface area contributed by atoms with Gasteiger partial charge in [0.2, 0.25) is 0 Å². The van der Waals surface area contributed by atoms with Crippen LogP contribution in [-0.2, 0) is 19.5 Å². The summed E-state index contributed by atoms with van der Waals surface area (Å²) < 4.78 is 33.9. The van der Waals surface area contributed by atoms with Crippen LogP contribution in [0.4, 0.5) is 4.79 Å². The lowest BCUT2D eigenvalue weighted by molar-refractivity contribution is -0.111. The molecule has 0 radical (unpaired) electrons. The third-order valence-corrected chi connectivity index (χ3v) is 3.12. The minimum Gasteiger partial charge on any atom is -0.301 e. The topological polar surface area (TPSA) is 104 Å².